The zero-order valence-electron chi connectivity index (χ0n) is 23.6. The van der Waals surface area contributed by atoms with Crippen molar-refractivity contribution >= 4 is 35.2 Å². The molecule has 3 aliphatic heterocycles. The van der Waals surface area contributed by atoms with Gasteiger partial charge in [0, 0.05) is 57.3 Å². The molecule has 3 unspecified atom stereocenters. The topological polar surface area (TPSA) is 112 Å². The van der Waals surface area contributed by atoms with Gasteiger partial charge in [0.1, 0.15) is 34.8 Å². The van der Waals surface area contributed by atoms with Gasteiger partial charge in [0.05, 0.1) is 18.1 Å². The molecular weight excluding hydrogens is 594 g/mol. The van der Waals surface area contributed by atoms with Gasteiger partial charge < -0.3 is 29.2 Å². The van der Waals surface area contributed by atoms with E-state index in [4.69, 9.17) is 26.3 Å². The van der Waals surface area contributed by atoms with Crippen LogP contribution in [0.4, 0.5) is 8.78 Å². The highest BCUT2D eigenvalue weighted by atomic mass is 35.5. The maximum atomic E-state index is 14.6. The molecule has 2 aromatic rings. The standard InChI is InChI=1S/C20H19ClF2N2O3S.C7H13NO2.CH5NO/c1-24-10-14-6-7-20(11-24,12-26)25(14)29(27)16-8-17(22)19(18(23)9-16)28-15-4-2-13(21)3-5-15;9-5-1-2-8-3-6-10-7-4-8;1-2-3/h2-5,8-9,12,14H,6-7,10-11H2,1H3;5H,1-4,6-7H2;2-3H,1H3. The van der Waals surface area contributed by atoms with Gasteiger partial charge >= 0.3 is 0 Å². The number of rotatable bonds is 8. The zero-order valence-corrected chi connectivity index (χ0v) is 25.2. The largest absolute Gasteiger partial charge is 0.451 e. The lowest BCUT2D eigenvalue weighted by molar-refractivity contribution is -0.117. The van der Waals surface area contributed by atoms with Crippen molar-refractivity contribution in [2.24, 2.45) is 0 Å². The minimum atomic E-state index is -1.88. The highest BCUT2D eigenvalue weighted by Gasteiger charge is 2.53. The molecule has 3 saturated heterocycles. The molecule has 0 radical (unpaired) electrons. The fourth-order valence-corrected chi connectivity index (χ4v) is 6.92. The number of fused-ring (bicyclic) bond motifs is 2. The second-order valence-corrected chi connectivity index (χ2v) is 11.9. The minimum Gasteiger partial charge on any atom is -0.451 e. The molecule has 0 spiro atoms. The summed E-state index contributed by atoms with van der Waals surface area (Å²) in [5.41, 5.74) is 0.841. The molecule has 3 atom stereocenters. The van der Waals surface area contributed by atoms with Crippen molar-refractivity contribution in [3.8, 4) is 11.5 Å². The summed E-state index contributed by atoms with van der Waals surface area (Å²) in [4.78, 5) is 26.1. The van der Waals surface area contributed by atoms with E-state index in [1.54, 1.807) is 9.79 Å². The van der Waals surface area contributed by atoms with Gasteiger partial charge in [0.2, 0.25) is 0 Å². The number of carbonyl (C=O) groups is 2. The van der Waals surface area contributed by atoms with Crippen LogP contribution in [0.1, 0.15) is 19.3 Å². The smallest absolute Gasteiger partial charge is 0.198 e. The van der Waals surface area contributed by atoms with E-state index in [9.17, 15) is 22.6 Å². The number of hydrogen-bond acceptors (Lipinski definition) is 9. The molecule has 10 nitrogen and oxygen atoms in total. The lowest BCUT2D eigenvalue weighted by Gasteiger charge is -2.43. The van der Waals surface area contributed by atoms with Crippen LogP contribution in [-0.2, 0) is 25.3 Å². The van der Waals surface area contributed by atoms with E-state index in [1.165, 1.54) is 31.3 Å². The summed E-state index contributed by atoms with van der Waals surface area (Å²) in [6, 6.07) is 7.94. The van der Waals surface area contributed by atoms with Crippen LogP contribution in [0.5, 0.6) is 11.5 Å². The lowest BCUT2D eigenvalue weighted by atomic mass is 9.99. The van der Waals surface area contributed by atoms with Gasteiger partial charge in [-0.3, -0.25) is 4.90 Å². The summed E-state index contributed by atoms with van der Waals surface area (Å²) in [5, 5.41) is 7.79. The van der Waals surface area contributed by atoms with Gasteiger partial charge in [0.25, 0.3) is 0 Å². The maximum Gasteiger partial charge on any atom is 0.198 e. The molecule has 5 rings (SSSR count). The number of halogens is 3. The quantitative estimate of drug-likeness (QED) is 0.335. The number of nitrogens with one attached hydrogen (secondary N) is 1. The van der Waals surface area contributed by atoms with E-state index in [0.29, 0.717) is 37.4 Å². The Morgan fingerprint density at radius 3 is 2.38 bits per heavy atom. The molecule has 0 amide bonds. The summed E-state index contributed by atoms with van der Waals surface area (Å²) in [5.74, 6) is -2.30. The first-order valence-electron chi connectivity index (χ1n) is 13.5. The Bertz CT molecular complexity index is 1180. The molecule has 232 valence electrons. The third-order valence-corrected chi connectivity index (χ3v) is 8.93. The number of hydroxylamine groups is 1. The number of nitrogens with zero attached hydrogens (tertiary/aromatic N) is 3. The Morgan fingerprint density at radius 1 is 1.19 bits per heavy atom. The Kier molecular flexibility index (Phi) is 13.4. The van der Waals surface area contributed by atoms with Crippen LogP contribution in [0.2, 0.25) is 5.02 Å². The Balaban J connectivity index is 0.000000311. The third kappa shape index (κ3) is 8.83. The number of likely N-dealkylation sites (N-methyl/N-ethyl adjacent to an activating group) is 1. The van der Waals surface area contributed by atoms with E-state index in [1.807, 2.05) is 11.9 Å². The van der Waals surface area contributed by atoms with Gasteiger partial charge in [-0.25, -0.2) is 22.8 Å². The maximum absolute atomic E-state index is 14.6. The van der Waals surface area contributed by atoms with E-state index >= 15 is 0 Å². The van der Waals surface area contributed by atoms with Crippen LogP contribution in [0.25, 0.3) is 0 Å². The summed E-state index contributed by atoms with van der Waals surface area (Å²) < 4.78 is 54.5. The third-order valence-electron chi connectivity index (χ3n) is 7.02. The van der Waals surface area contributed by atoms with Crippen molar-refractivity contribution in [1.82, 2.24) is 19.6 Å². The lowest BCUT2D eigenvalue weighted by Crippen LogP contribution is -2.61. The van der Waals surface area contributed by atoms with Crippen molar-refractivity contribution in [2.75, 3.05) is 60.0 Å². The molecule has 3 fully saturated rings. The monoisotopic (exact) mass is 630 g/mol. The molecular formula is C28H37ClF2N4O6S. The molecule has 42 heavy (non-hydrogen) atoms. The Morgan fingerprint density at radius 2 is 1.81 bits per heavy atom. The normalized spacial score (nSPS) is 23.1. The summed E-state index contributed by atoms with van der Waals surface area (Å²) in [6.07, 6.45) is 3.71. The average molecular weight is 631 g/mol. The second kappa shape index (κ2) is 16.5. The minimum absolute atomic E-state index is 0.0360. The molecule has 3 aliphatic rings. The van der Waals surface area contributed by atoms with Crippen molar-refractivity contribution in [3.63, 3.8) is 0 Å². The molecule has 2 aromatic carbocycles. The number of morpholine rings is 1. The van der Waals surface area contributed by atoms with Gasteiger partial charge in [0.15, 0.2) is 17.4 Å². The molecule has 14 heteroatoms. The van der Waals surface area contributed by atoms with E-state index in [-0.39, 0.29) is 16.7 Å². The Hall–Kier alpha value is -2.36. The fourth-order valence-electron chi connectivity index (χ4n) is 5.19. The number of ether oxygens (including phenoxy) is 2. The van der Waals surface area contributed by atoms with Crippen LogP contribution in [0, 0.1) is 11.6 Å². The van der Waals surface area contributed by atoms with Crippen LogP contribution < -0.4 is 10.2 Å². The first kappa shape index (κ1) is 34.1. The van der Waals surface area contributed by atoms with Crippen LogP contribution >= 0.6 is 11.6 Å². The van der Waals surface area contributed by atoms with Crippen molar-refractivity contribution in [2.45, 2.75) is 35.7 Å². The summed E-state index contributed by atoms with van der Waals surface area (Å²) >= 11 is 5.80. The summed E-state index contributed by atoms with van der Waals surface area (Å²) in [7, 11) is 1.45. The highest BCUT2D eigenvalue weighted by molar-refractivity contribution is 7.82. The van der Waals surface area contributed by atoms with Gasteiger partial charge in [-0.15, -0.1) is 0 Å². The molecule has 0 aliphatic carbocycles. The van der Waals surface area contributed by atoms with Gasteiger partial charge in [-0.05, 0) is 56.3 Å². The molecule has 2 bridgehead atoms. The number of aldehydes is 2. The van der Waals surface area contributed by atoms with E-state index in [0.717, 1.165) is 57.6 Å². The fraction of sp³-hybridized carbons (Fsp3) is 0.500. The molecule has 3 heterocycles. The number of carbonyl (C=O) groups excluding carboxylic acids is 2. The number of likely N-dealkylation sites (tertiary alicyclic amines) is 1. The van der Waals surface area contributed by atoms with Gasteiger partial charge in [-0.2, -0.15) is 0 Å². The van der Waals surface area contributed by atoms with Crippen molar-refractivity contribution in [3.05, 3.63) is 53.1 Å². The second-order valence-electron chi connectivity index (χ2n) is 10.1. The van der Waals surface area contributed by atoms with E-state index in [2.05, 4.69) is 4.90 Å². The number of piperazine rings is 1. The first-order chi connectivity index (χ1) is 20.2. The predicted molar refractivity (Wildman–Crippen MR) is 154 cm³/mol. The molecule has 2 N–H and O–H groups in total. The van der Waals surface area contributed by atoms with Crippen LogP contribution in [-0.4, -0.2) is 108 Å². The van der Waals surface area contributed by atoms with Gasteiger partial charge in [-0.1, -0.05) is 11.6 Å². The van der Waals surface area contributed by atoms with Crippen LogP contribution in [0.15, 0.2) is 41.3 Å². The number of benzene rings is 2. The highest BCUT2D eigenvalue weighted by Crippen LogP contribution is 2.41. The van der Waals surface area contributed by atoms with Crippen molar-refractivity contribution < 1.29 is 37.3 Å². The average Bonchev–Trinajstić information content (AvgIpc) is 3.23. The van der Waals surface area contributed by atoms with Crippen LogP contribution in [0.3, 0.4) is 0 Å². The summed E-state index contributed by atoms with van der Waals surface area (Å²) in [6.45, 7) is 5.57. The SMILES string of the molecule is CN1CC2CCC(C=O)(C1)N2S(=O)c1cc(F)c(Oc2ccc(Cl)cc2)c(F)c1.CNO.O=CCCN1CCOCC1. The zero-order chi connectivity index (χ0) is 30.7. The predicted octanol–water partition coefficient (Wildman–Crippen LogP) is 3.28. The number of hydrogen-bond donors (Lipinski definition) is 2. The first-order valence-corrected chi connectivity index (χ1v) is 15.0. The Labute approximate surface area is 252 Å². The van der Waals surface area contributed by atoms with E-state index < -0.39 is 33.9 Å². The van der Waals surface area contributed by atoms with Crippen molar-refractivity contribution in [1.29, 1.82) is 0 Å². The molecule has 0 saturated carbocycles. The molecule has 0 aromatic heterocycles.